The van der Waals surface area contributed by atoms with E-state index in [4.69, 9.17) is 4.74 Å². The highest BCUT2D eigenvalue weighted by atomic mass is 16.5. The van der Waals surface area contributed by atoms with Gasteiger partial charge in [0.2, 0.25) is 0 Å². The molecule has 1 heterocycles. The van der Waals surface area contributed by atoms with Gasteiger partial charge in [0, 0.05) is 18.1 Å². The summed E-state index contributed by atoms with van der Waals surface area (Å²) < 4.78 is 5.52. The lowest BCUT2D eigenvalue weighted by Gasteiger charge is -2.07. The molecule has 94 valence electrons. The first-order valence-corrected chi connectivity index (χ1v) is 6.11. The molecule has 4 nitrogen and oxygen atoms in total. The molecule has 0 unspecified atom stereocenters. The van der Waals surface area contributed by atoms with Crippen molar-refractivity contribution in [3.05, 3.63) is 48.5 Å². The van der Waals surface area contributed by atoms with E-state index in [2.05, 4.69) is 22.2 Å². The summed E-state index contributed by atoms with van der Waals surface area (Å²) in [6, 6.07) is 9.72. The van der Waals surface area contributed by atoms with E-state index in [1.165, 1.54) is 0 Å². The fourth-order valence-electron chi connectivity index (χ4n) is 1.49. The van der Waals surface area contributed by atoms with Gasteiger partial charge in [0.25, 0.3) is 0 Å². The average molecular weight is 243 g/mol. The molecule has 0 amide bonds. The molecule has 18 heavy (non-hydrogen) atoms. The van der Waals surface area contributed by atoms with Crippen molar-refractivity contribution in [3.63, 3.8) is 0 Å². The largest absolute Gasteiger partial charge is 0.494 e. The zero-order valence-electron chi connectivity index (χ0n) is 10.5. The molecule has 0 aliphatic carbocycles. The van der Waals surface area contributed by atoms with Gasteiger partial charge in [-0.2, -0.15) is 0 Å². The number of ether oxygens (including phenoxy) is 1. The van der Waals surface area contributed by atoms with E-state index in [9.17, 15) is 0 Å². The minimum absolute atomic E-state index is 0.621. The van der Waals surface area contributed by atoms with Crippen molar-refractivity contribution in [3.8, 4) is 5.75 Å². The van der Waals surface area contributed by atoms with Crippen LogP contribution in [0.5, 0.6) is 5.75 Å². The maximum absolute atomic E-state index is 5.52. The minimum Gasteiger partial charge on any atom is -0.494 e. The van der Waals surface area contributed by atoms with E-state index in [1.54, 1.807) is 12.4 Å². The number of nitrogens with zero attached hydrogens (tertiary/aromatic N) is 2. The molecule has 2 aromatic rings. The van der Waals surface area contributed by atoms with Crippen LogP contribution in [0.3, 0.4) is 0 Å². The van der Waals surface area contributed by atoms with Crippen LogP contribution in [0, 0.1) is 0 Å². The number of hydrogen-bond acceptors (Lipinski definition) is 4. The molecule has 0 saturated carbocycles. The Hall–Kier alpha value is -2.10. The van der Waals surface area contributed by atoms with Gasteiger partial charge >= 0.3 is 0 Å². The lowest BCUT2D eigenvalue weighted by atomic mass is 10.3. The molecule has 0 fully saturated rings. The predicted octanol–water partition coefficient (Wildman–Crippen LogP) is 2.88. The van der Waals surface area contributed by atoms with Crippen LogP contribution in [-0.4, -0.2) is 16.6 Å². The Balaban J connectivity index is 1.86. The van der Waals surface area contributed by atoms with Crippen LogP contribution in [0.2, 0.25) is 0 Å². The Morgan fingerprint density at radius 1 is 1.11 bits per heavy atom. The molecule has 0 aliphatic rings. The summed E-state index contributed by atoms with van der Waals surface area (Å²) in [5.74, 6) is 1.68. The van der Waals surface area contributed by atoms with Crippen molar-refractivity contribution in [2.75, 3.05) is 11.9 Å². The second kappa shape index (κ2) is 6.59. The van der Waals surface area contributed by atoms with Crippen molar-refractivity contribution in [2.24, 2.45) is 0 Å². The third kappa shape index (κ3) is 3.73. The van der Waals surface area contributed by atoms with E-state index in [-0.39, 0.29) is 0 Å². The Morgan fingerprint density at radius 3 is 2.50 bits per heavy atom. The van der Waals surface area contributed by atoms with E-state index in [1.807, 2.05) is 30.3 Å². The smallest absolute Gasteiger partial charge is 0.147 e. The number of benzene rings is 1. The first-order valence-electron chi connectivity index (χ1n) is 6.11. The highest BCUT2D eigenvalue weighted by Crippen LogP contribution is 2.16. The quantitative estimate of drug-likeness (QED) is 0.847. The van der Waals surface area contributed by atoms with Gasteiger partial charge in [-0.15, -0.1) is 0 Å². The lowest BCUT2D eigenvalue weighted by Crippen LogP contribution is -2.03. The maximum Gasteiger partial charge on any atom is 0.147 e. The van der Waals surface area contributed by atoms with E-state index < -0.39 is 0 Å². The van der Waals surface area contributed by atoms with Gasteiger partial charge in [-0.3, -0.25) is 0 Å². The van der Waals surface area contributed by atoms with Crippen LogP contribution in [0.1, 0.15) is 19.2 Å². The van der Waals surface area contributed by atoms with E-state index in [0.717, 1.165) is 30.3 Å². The standard InChI is InChI=1S/C14H17N3O/c1-2-10-18-13-6-4-12(5-7-13)17-11-14-15-8-3-9-16-14/h3-9,17H,2,10-11H2,1H3. The van der Waals surface area contributed by atoms with Crippen LogP contribution >= 0.6 is 0 Å². The molecule has 4 heteroatoms. The first-order chi connectivity index (χ1) is 8.88. The van der Waals surface area contributed by atoms with Crippen molar-refractivity contribution in [2.45, 2.75) is 19.9 Å². The molecular formula is C14H17N3O. The summed E-state index contributed by atoms with van der Waals surface area (Å²) in [5.41, 5.74) is 1.03. The highest BCUT2D eigenvalue weighted by Gasteiger charge is 1.97. The van der Waals surface area contributed by atoms with Gasteiger partial charge in [0.1, 0.15) is 11.6 Å². The van der Waals surface area contributed by atoms with Crippen LogP contribution < -0.4 is 10.1 Å². The first kappa shape index (κ1) is 12.4. The second-order valence-corrected chi connectivity index (χ2v) is 3.89. The monoisotopic (exact) mass is 243 g/mol. The predicted molar refractivity (Wildman–Crippen MR) is 71.6 cm³/mol. The van der Waals surface area contributed by atoms with Crippen LogP contribution in [-0.2, 0) is 6.54 Å². The fraction of sp³-hybridized carbons (Fsp3) is 0.286. The Morgan fingerprint density at radius 2 is 1.83 bits per heavy atom. The molecule has 1 N–H and O–H groups in total. The Bertz CT molecular complexity index is 456. The van der Waals surface area contributed by atoms with Gasteiger partial charge in [-0.1, -0.05) is 6.92 Å². The van der Waals surface area contributed by atoms with Crippen LogP contribution in [0.25, 0.3) is 0 Å². The summed E-state index contributed by atoms with van der Waals surface area (Å²) in [7, 11) is 0. The van der Waals surface area contributed by atoms with Crippen molar-refractivity contribution in [1.29, 1.82) is 0 Å². The number of rotatable bonds is 6. The van der Waals surface area contributed by atoms with Gasteiger partial charge in [-0.05, 0) is 36.8 Å². The number of hydrogen-bond donors (Lipinski definition) is 1. The Kier molecular flexibility index (Phi) is 4.53. The molecule has 2 rings (SSSR count). The zero-order chi connectivity index (χ0) is 12.6. The second-order valence-electron chi connectivity index (χ2n) is 3.89. The van der Waals surface area contributed by atoms with Gasteiger partial charge < -0.3 is 10.1 Å². The van der Waals surface area contributed by atoms with Crippen molar-refractivity contribution >= 4 is 5.69 Å². The van der Waals surface area contributed by atoms with Gasteiger partial charge in [-0.25, -0.2) is 9.97 Å². The Labute approximate surface area is 107 Å². The number of anilines is 1. The van der Waals surface area contributed by atoms with Crippen molar-refractivity contribution < 1.29 is 4.74 Å². The van der Waals surface area contributed by atoms with E-state index in [0.29, 0.717) is 6.54 Å². The van der Waals surface area contributed by atoms with Gasteiger partial charge in [0.15, 0.2) is 0 Å². The molecule has 0 aliphatic heterocycles. The van der Waals surface area contributed by atoms with E-state index >= 15 is 0 Å². The molecule has 0 radical (unpaired) electrons. The SMILES string of the molecule is CCCOc1ccc(NCc2ncccn2)cc1. The molecule has 1 aromatic heterocycles. The highest BCUT2D eigenvalue weighted by molar-refractivity contribution is 5.46. The summed E-state index contributed by atoms with van der Waals surface area (Å²) in [6.07, 6.45) is 4.50. The van der Waals surface area contributed by atoms with Gasteiger partial charge in [0.05, 0.1) is 13.2 Å². The fourth-order valence-corrected chi connectivity index (χ4v) is 1.49. The normalized spacial score (nSPS) is 10.1. The average Bonchev–Trinajstić information content (AvgIpc) is 2.45. The summed E-state index contributed by atoms with van der Waals surface area (Å²) in [4.78, 5) is 8.31. The lowest BCUT2D eigenvalue weighted by molar-refractivity contribution is 0.317. The molecular weight excluding hydrogens is 226 g/mol. The third-order valence-corrected chi connectivity index (χ3v) is 2.40. The van der Waals surface area contributed by atoms with Crippen LogP contribution in [0.15, 0.2) is 42.7 Å². The third-order valence-electron chi connectivity index (χ3n) is 2.40. The summed E-state index contributed by atoms with van der Waals surface area (Å²) >= 11 is 0. The maximum atomic E-state index is 5.52. The molecule has 0 bridgehead atoms. The molecule has 0 saturated heterocycles. The topological polar surface area (TPSA) is 47.0 Å². The zero-order valence-corrected chi connectivity index (χ0v) is 10.5. The molecule has 1 aromatic carbocycles. The number of aromatic nitrogens is 2. The summed E-state index contributed by atoms with van der Waals surface area (Å²) in [5, 5.41) is 3.26. The summed E-state index contributed by atoms with van der Waals surface area (Å²) in [6.45, 7) is 3.47. The number of nitrogens with one attached hydrogen (secondary N) is 1. The van der Waals surface area contributed by atoms with Crippen LogP contribution in [0.4, 0.5) is 5.69 Å². The molecule has 0 spiro atoms. The molecule has 0 atom stereocenters. The van der Waals surface area contributed by atoms with Crippen molar-refractivity contribution in [1.82, 2.24) is 9.97 Å². The minimum atomic E-state index is 0.621.